The zero-order valence-electron chi connectivity index (χ0n) is 10.5. The Morgan fingerprint density at radius 2 is 1.67 bits per heavy atom. The van der Waals surface area contributed by atoms with Crippen molar-refractivity contribution in [3.05, 3.63) is 28.8 Å². The van der Waals surface area contributed by atoms with Crippen LogP contribution in [0.5, 0.6) is 5.75 Å². The van der Waals surface area contributed by atoms with E-state index in [1.54, 1.807) is 26.0 Å². The Morgan fingerprint density at radius 1 is 1.22 bits per heavy atom. The summed E-state index contributed by atoms with van der Waals surface area (Å²) in [7, 11) is 1.53. The Labute approximate surface area is 111 Å². The van der Waals surface area contributed by atoms with Crippen molar-refractivity contribution >= 4 is 12.4 Å². The van der Waals surface area contributed by atoms with Crippen LogP contribution in [0.15, 0.2) is 12.1 Å². The SMILES string of the molecule is COc1c(C)cc([C@@H](N)CC(F)(F)F)cc1C.Cl. The van der Waals surface area contributed by atoms with Gasteiger partial charge in [-0.3, -0.25) is 0 Å². The zero-order valence-corrected chi connectivity index (χ0v) is 11.3. The lowest BCUT2D eigenvalue weighted by Gasteiger charge is -2.17. The Balaban J connectivity index is 0.00000289. The standard InChI is InChI=1S/C12H16F3NO.ClH/c1-7-4-9(5-8(2)11(7)17-3)10(16)6-12(13,14)15;/h4-5,10H,6,16H2,1-3H3;1H/t10-;/m0./s1. The Morgan fingerprint density at radius 3 is 2.00 bits per heavy atom. The van der Waals surface area contributed by atoms with Gasteiger partial charge in [0.25, 0.3) is 0 Å². The molecule has 6 heteroatoms. The van der Waals surface area contributed by atoms with E-state index < -0.39 is 18.6 Å². The summed E-state index contributed by atoms with van der Waals surface area (Å²) in [6.45, 7) is 3.57. The molecule has 0 amide bonds. The van der Waals surface area contributed by atoms with E-state index in [0.29, 0.717) is 11.3 Å². The number of halogens is 4. The fraction of sp³-hybridized carbons (Fsp3) is 0.500. The van der Waals surface area contributed by atoms with Crippen LogP contribution in [0.3, 0.4) is 0 Å². The van der Waals surface area contributed by atoms with E-state index in [1.165, 1.54) is 7.11 Å². The largest absolute Gasteiger partial charge is 0.496 e. The Bertz CT molecular complexity index is 384. The highest BCUT2D eigenvalue weighted by Gasteiger charge is 2.31. The molecule has 0 saturated heterocycles. The molecular formula is C12H17ClF3NO. The molecule has 0 radical (unpaired) electrons. The molecule has 0 aliphatic heterocycles. The van der Waals surface area contributed by atoms with E-state index in [9.17, 15) is 13.2 Å². The molecule has 0 saturated carbocycles. The third-order valence-corrected chi connectivity index (χ3v) is 2.57. The zero-order chi connectivity index (χ0) is 13.2. The number of rotatable bonds is 3. The van der Waals surface area contributed by atoms with Gasteiger partial charge >= 0.3 is 6.18 Å². The second-order valence-corrected chi connectivity index (χ2v) is 4.11. The first kappa shape index (κ1) is 17.1. The molecule has 0 spiro atoms. The van der Waals surface area contributed by atoms with Crippen molar-refractivity contribution in [2.45, 2.75) is 32.5 Å². The normalized spacial score (nSPS) is 12.8. The molecule has 0 heterocycles. The number of ether oxygens (including phenoxy) is 1. The van der Waals surface area contributed by atoms with Crippen molar-refractivity contribution in [3.8, 4) is 5.75 Å². The van der Waals surface area contributed by atoms with E-state index in [-0.39, 0.29) is 12.4 Å². The second-order valence-electron chi connectivity index (χ2n) is 4.11. The topological polar surface area (TPSA) is 35.2 Å². The molecule has 0 aliphatic rings. The van der Waals surface area contributed by atoms with E-state index in [0.717, 1.165) is 11.1 Å². The summed E-state index contributed by atoms with van der Waals surface area (Å²) < 4.78 is 41.8. The lowest BCUT2D eigenvalue weighted by molar-refractivity contribution is -0.138. The van der Waals surface area contributed by atoms with Crippen LogP contribution < -0.4 is 10.5 Å². The first-order valence-electron chi connectivity index (χ1n) is 5.22. The fourth-order valence-electron chi connectivity index (χ4n) is 1.89. The van der Waals surface area contributed by atoms with Crippen molar-refractivity contribution in [2.75, 3.05) is 7.11 Å². The van der Waals surface area contributed by atoms with Crippen LogP contribution in [0.1, 0.15) is 29.2 Å². The smallest absolute Gasteiger partial charge is 0.390 e. The highest BCUT2D eigenvalue weighted by Crippen LogP contribution is 2.31. The first-order chi connectivity index (χ1) is 7.74. The summed E-state index contributed by atoms with van der Waals surface area (Å²) in [5.41, 5.74) is 7.62. The molecule has 18 heavy (non-hydrogen) atoms. The maximum atomic E-state index is 12.2. The van der Waals surface area contributed by atoms with E-state index in [4.69, 9.17) is 10.5 Å². The van der Waals surface area contributed by atoms with Crippen LogP contribution in [0, 0.1) is 13.8 Å². The van der Waals surface area contributed by atoms with E-state index >= 15 is 0 Å². The molecule has 104 valence electrons. The quantitative estimate of drug-likeness (QED) is 0.918. The number of benzene rings is 1. The van der Waals surface area contributed by atoms with Crippen LogP contribution in [-0.2, 0) is 0 Å². The van der Waals surface area contributed by atoms with Gasteiger partial charge in [0, 0.05) is 6.04 Å². The van der Waals surface area contributed by atoms with Gasteiger partial charge < -0.3 is 10.5 Å². The Kier molecular flexibility index (Phi) is 5.96. The average Bonchev–Trinajstić information content (AvgIpc) is 2.14. The van der Waals surface area contributed by atoms with E-state index in [1.807, 2.05) is 0 Å². The lowest BCUT2D eigenvalue weighted by Crippen LogP contribution is -2.20. The van der Waals surface area contributed by atoms with Crippen LogP contribution in [-0.4, -0.2) is 13.3 Å². The van der Waals surface area contributed by atoms with Gasteiger partial charge in [-0.2, -0.15) is 13.2 Å². The first-order valence-corrected chi connectivity index (χ1v) is 5.22. The maximum Gasteiger partial charge on any atom is 0.390 e. The number of aryl methyl sites for hydroxylation is 2. The molecule has 2 nitrogen and oxygen atoms in total. The van der Waals surface area contributed by atoms with Gasteiger partial charge in [-0.1, -0.05) is 12.1 Å². The molecule has 1 rings (SSSR count). The van der Waals surface area contributed by atoms with Crippen molar-refractivity contribution < 1.29 is 17.9 Å². The number of alkyl halides is 3. The number of hydrogen-bond acceptors (Lipinski definition) is 2. The van der Waals surface area contributed by atoms with Crippen molar-refractivity contribution in [1.29, 1.82) is 0 Å². The molecule has 0 aromatic heterocycles. The minimum atomic E-state index is -4.25. The summed E-state index contributed by atoms with van der Waals surface area (Å²) in [6, 6.07) is 2.25. The number of hydrogen-bond donors (Lipinski definition) is 1. The molecule has 0 unspecified atom stereocenters. The van der Waals surface area contributed by atoms with Crippen molar-refractivity contribution in [2.24, 2.45) is 5.73 Å². The summed E-state index contributed by atoms with van der Waals surface area (Å²) in [5, 5.41) is 0. The van der Waals surface area contributed by atoms with Crippen LogP contribution in [0.2, 0.25) is 0 Å². The maximum absolute atomic E-state index is 12.2. The minimum absolute atomic E-state index is 0. The lowest BCUT2D eigenvalue weighted by atomic mass is 9.98. The number of methoxy groups -OCH3 is 1. The van der Waals surface area contributed by atoms with E-state index in [2.05, 4.69) is 0 Å². The predicted molar refractivity (Wildman–Crippen MR) is 67.3 cm³/mol. The average molecular weight is 284 g/mol. The van der Waals surface area contributed by atoms with Gasteiger partial charge in [0.2, 0.25) is 0 Å². The monoisotopic (exact) mass is 283 g/mol. The van der Waals surface area contributed by atoms with Gasteiger partial charge in [-0.15, -0.1) is 12.4 Å². The third-order valence-electron chi connectivity index (χ3n) is 2.57. The van der Waals surface area contributed by atoms with Gasteiger partial charge in [0.15, 0.2) is 0 Å². The predicted octanol–water partition coefficient (Wildman–Crippen LogP) is 3.69. The molecule has 0 fully saturated rings. The molecular weight excluding hydrogens is 267 g/mol. The minimum Gasteiger partial charge on any atom is -0.496 e. The van der Waals surface area contributed by atoms with Crippen LogP contribution >= 0.6 is 12.4 Å². The molecule has 1 aromatic rings. The Hall–Kier alpha value is -0.940. The summed E-state index contributed by atoms with van der Waals surface area (Å²) in [5.74, 6) is 0.688. The highest BCUT2D eigenvalue weighted by atomic mass is 35.5. The van der Waals surface area contributed by atoms with Crippen LogP contribution in [0.4, 0.5) is 13.2 Å². The van der Waals surface area contributed by atoms with Crippen molar-refractivity contribution in [1.82, 2.24) is 0 Å². The summed E-state index contributed by atoms with van der Waals surface area (Å²) >= 11 is 0. The van der Waals surface area contributed by atoms with Gasteiger partial charge in [-0.05, 0) is 30.5 Å². The fourth-order valence-corrected chi connectivity index (χ4v) is 1.89. The highest BCUT2D eigenvalue weighted by molar-refractivity contribution is 5.85. The molecule has 0 bridgehead atoms. The number of nitrogens with two attached hydrogens (primary N) is 1. The van der Waals surface area contributed by atoms with Gasteiger partial charge in [0.05, 0.1) is 13.5 Å². The van der Waals surface area contributed by atoms with Gasteiger partial charge in [-0.25, -0.2) is 0 Å². The molecule has 1 atom stereocenters. The second kappa shape index (κ2) is 6.29. The molecule has 0 aliphatic carbocycles. The molecule has 1 aromatic carbocycles. The van der Waals surface area contributed by atoms with Crippen LogP contribution in [0.25, 0.3) is 0 Å². The molecule has 2 N–H and O–H groups in total. The van der Waals surface area contributed by atoms with Crippen molar-refractivity contribution in [3.63, 3.8) is 0 Å². The van der Waals surface area contributed by atoms with Gasteiger partial charge in [0.1, 0.15) is 5.75 Å². The summed E-state index contributed by atoms with van der Waals surface area (Å²) in [4.78, 5) is 0. The third kappa shape index (κ3) is 4.38. The summed E-state index contributed by atoms with van der Waals surface area (Å²) in [6.07, 6.45) is -5.26.